The molecule has 0 spiro atoms. The fourth-order valence-electron chi connectivity index (χ4n) is 3.44. The van der Waals surface area contributed by atoms with Crippen molar-refractivity contribution in [3.05, 3.63) is 76.3 Å². The summed E-state index contributed by atoms with van der Waals surface area (Å²) >= 11 is 2.47. The van der Waals surface area contributed by atoms with E-state index < -0.39 is 11.6 Å². The topological polar surface area (TPSA) is 141 Å². The summed E-state index contributed by atoms with van der Waals surface area (Å²) in [5.41, 5.74) is 8.12. The predicted molar refractivity (Wildman–Crippen MR) is 142 cm³/mol. The zero-order chi connectivity index (χ0) is 27.1. The summed E-state index contributed by atoms with van der Waals surface area (Å²) in [6.07, 6.45) is 0.500. The van der Waals surface area contributed by atoms with Crippen molar-refractivity contribution in [3.8, 4) is 29.0 Å². The second-order valence-corrected chi connectivity index (χ2v) is 9.60. The maximum atomic E-state index is 13.9. The lowest BCUT2D eigenvalue weighted by molar-refractivity contribution is 0.233. The lowest BCUT2D eigenvalue weighted by atomic mass is 9.97. The predicted octanol–water partition coefficient (Wildman–Crippen LogP) is 5.61. The van der Waals surface area contributed by atoms with Crippen LogP contribution in [-0.4, -0.2) is 28.3 Å². The number of pyridine rings is 1. The SMILES string of the molecule is N#Cc1c(N)nc(SCc2csc(Nc3ccc(F)cc3F)n2)c(C#N)c1-c1ccc(OCCCO)cc1. The monoisotopic (exact) mass is 550 g/mol. The van der Waals surface area contributed by atoms with Gasteiger partial charge in [0.15, 0.2) is 5.13 Å². The first-order chi connectivity index (χ1) is 18.4. The van der Waals surface area contributed by atoms with E-state index in [4.69, 9.17) is 15.6 Å². The molecule has 0 bridgehead atoms. The van der Waals surface area contributed by atoms with Crippen molar-refractivity contribution in [1.82, 2.24) is 9.97 Å². The second-order valence-electron chi connectivity index (χ2n) is 7.78. The summed E-state index contributed by atoms with van der Waals surface area (Å²) in [5, 5.41) is 34.0. The van der Waals surface area contributed by atoms with Crippen LogP contribution in [0.25, 0.3) is 11.1 Å². The number of aliphatic hydroxyl groups is 1. The minimum absolute atomic E-state index is 0.000286. The van der Waals surface area contributed by atoms with Gasteiger partial charge in [0.05, 0.1) is 23.6 Å². The number of hydrogen-bond acceptors (Lipinski definition) is 10. The van der Waals surface area contributed by atoms with Gasteiger partial charge < -0.3 is 20.9 Å². The van der Waals surface area contributed by atoms with E-state index in [1.807, 2.05) is 6.07 Å². The van der Waals surface area contributed by atoms with Crippen molar-refractivity contribution >= 4 is 39.7 Å². The van der Waals surface area contributed by atoms with Crippen molar-refractivity contribution in [3.63, 3.8) is 0 Å². The van der Waals surface area contributed by atoms with Gasteiger partial charge in [-0.2, -0.15) is 10.5 Å². The molecule has 4 N–H and O–H groups in total. The summed E-state index contributed by atoms with van der Waals surface area (Å²) in [4.78, 5) is 8.72. The molecular weight excluding hydrogens is 530 g/mol. The maximum absolute atomic E-state index is 13.9. The molecule has 192 valence electrons. The van der Waals surface area contributed by atoms with Gasteiger partial charge in [-0.3, -0.25) is 0 Å². The number of thiazole rings is 1. The Bertz CT molecular complexity index is 1530. The highest BCUT2D eigenvalue weighted by Crippen LogP contribution is 2.37. The van der Waals surface area contributed by atoms with E-state index in [0.29, 0.717) is 51.5 Å². The quantitative estimate of drug-likeness (QED) is 0.170. The Morgan fingerprint density at radius 2 is 1.84 bits per heavy atom. The smallest absolute Gasteiger partial charge is 0.187 e. The minimum Gasteiger partial charge on any atom is -0.494 e. The summed E-state index contributed by atoms with van der Waals surface area (Å²) in [6.45, 7) is 0.385. The number of aliphatic hydroxyl groups excluding tert-OH is 1. The van der Waals surface area contributed by atoms with Crippen LogP contribution < -0.4 is 15.8 Å². The Labute approximate surface area is 225 Å². The number of benzene rings is 2. The van der Waals surface area contributed by atoms with Crippen LogP contribution in [0.3, 0.4) is 0 Å². The number of hydrogen-bond donors (Lipinski definition) is 3. The molecule has 0 saturated carbocycles. The van der Waals surface area contributed by atoms with Gasteiger partial charge in [0.1, 0.15) is 45.9 Å². The summed E-state index contributed by atoms with van der Waals surface area (Å²) in [6, 6.07) is 14.3. The highest BCUT2D eigenvalue weighted by molar-refractivity contribution is 7.98. The number of ether oxygens (including phenoxy) is 1. The molecule has 0 aliphatic heterocycles. The Balaban J connectivity index is 1.56. The standard InChI is InChI=1S/C26H20F2N6O2S2/c27-16-4-7-22(21(28)10-16)33-26-32-17(14-38-26)13-37-25-20(12-30)23(19(11-29)24(31)34-25)15-2-5-18(6-3-15)36-9-1-8-35/h2-7,10,14,35H,1,8-9,13H2,(H2,31,34)(H,32,33). The van der Waals surface area contributed by atoms with Crippen LogP contribution in [0.5, 0.6) is 5.75 Å². The van der Waals surface area contributed by atoms with Gasteiger partial charge in [-0.1, -0.05) is 23.9 Å². The second kappa shape index (κ2) is 12.3. The third-order valence-electron chi connectivity index (χ3n) is 5.21. The lowest BCUT2D eigenvalue weighted by Crippen LogP contribution is -2.04. The number of nitrogens with one attached hydrogen (secondary N) is 1. The molecule has 12 heteroatoms. The number of aromatic nitrogens is 2. The van der Waals surface area contributed by atoms with Crippen LogP contribution in [0.2, 0.25) is 0 Å². The zero-order valence-electron chi connectivity index (χ0n) is 19.7. The van der Waals surface area contributed by atoms with Gasteiger partial charge >= 0.3 is 0 Å². The third-order valence-corrected chi connectivity index (χ3v) is 7.03. The van der Waals surface area contributed by atoms with Crippen LogP contribution in [0, 0.1) is 34.3 Å². The average molecular weight is 551 g/mol. The lowest BCUT2D eigenvalue weighted by Gasteiger charge is -2.13. The molecule has 0 aliphatic carbocycles. The first-order valence-electron chi connectivity index (χ1n) is 11.2. The van der Waals surface area contributed by atoms with Crippen LogP contribution in [-0.2, 0) is 5.75 Å². The Hall–Kier alpha value is -4.23. The number of halogens is 2. The molecule has 0 aliphatic rings. The minimum atomic E-state index is -0.732. The highest BCUT2D eigenvalue weighted by atomic mass is 32.2. The van der Waals surface area contributed by atoms with Gasteiger partial charge in [0.25, 0.3) is 0 Å². The number of nitrogens with two attached hydrogens (primary N) is 1. The number of nitrogens with zero attached hydrogens (tertiary/aromatic N) is 4. The third kappa shape index (κ3) is 6.18. The number of thioether (sulfide) groups is 1. The number of anilines is 3. The maximum Gasteiger partial charge on any atom is 0.187 e. The normalized spacial score (nSPS) is 10.6. The molecular formula is C26H20F2N6O2S2. The largest absolute Gasteiger partial charge is 0.494 e. The average Bonchev–Trinajstić information content (AvgIpc) is 3.36. The van der Waals surface area contributed by atoms with E-state index in [-0.39, 0.29) is 29.2 Å². The summed E-state index contributed by atoms with van der Waals surface area (Å²) in [7, 11) is 0. The van der Waals surface area contributed by atoms with Crippen LogP contribution in [0.1, 0.15) is 23.2 Å². The van der Waals surface area contributed by atoms with Crippen molar-refractivity contribution in [2.45, 2.75) is 17.2 Å². The molecule has 0 fully saturated rings. The molecule has 2 heterocycles. The van der Waals surface area contributed by atoms with Crippen LogP contribution >= 0.6 is 23.1 Å². The molecule has 0 unspecified atom stereocenters. The highest BCUT2D eigenvalue weighted by Gasteiger charge is 2.21. The molecule has 4 rings (SSSR count). The van der Waals surface area contributed by atoms with E-state index in [1.54, 1.807) is 29.6 Å². The van der Waals surface area contributed by atoms with Crippen LogP contribution in [0.4, 0.5) is 25.4 Å². The van der Waals surface area contributed by atoms with E-state index in [2.05, 4.69) is 21.4 Å². The molecule has 0 amide bonds. The van der Waals surface area contributed by atoms with Gasteiger partial charge in [0.2, 0.25) is 0 Å². The molecule has 0 saturated heterocycles. The van der Waals surface area contributed by atoms with Crippen molar-refractivity contribution < 1.29 is 18.6 Å². The Kier molecular flexibility index (Phi) is 8.71. The van der Waals surface area contributed by atoms with E-state index in [0.717, 1.165) is 12.1 Å². The van der Waals surface area contributed by atoms with Gasteiger partial charge in [-0.25, -0.2) is 18.7 Å². The zero-order valence-corrected chi connectivity index (χ0v) is 21.4. The fourth-order valence-corrected chi connectivity index (χ4v) is 5.16. The molecule has 4 aromatic rings. The van der Waals surface area contributed by atoms with Gasteiger partial charge in [0, 0.05) is 35.8 Å². The number of nitriles is 2. The van der Waals surface area contributed by atoms with Crippen molar-refractivity contribution in [2.75, 3.05) is 24.3 Å². The van der Waals surface area contributed by atoms with Gasteiger partial charge in [-0.15, -0.1) is 11.3 Å². The molecule has 0 atom stereocenters. The summed E-state index contributed by atoms with van der Waals surface area (Å²) < 4.78 is 32.7. The molecule has 38 heavy (non-hydrogen) atoms. The van der Waals surface area contributed by atoms with E-state index in [9.17, 15) is 19.3 Å². The van der Waals surface area contributed by atoms with E-state index >= 15 is 0 Å². The Morgan fingerprint density at radius 3 is 2.53 bits per heavy atom. The first-order valence-corrected chi connectivity index (χ1v) is 13.1. The van der Waals surface area contributed by atoms with Crippen molar-refractivity contribution in [2.24, 2.45) is 0 Å². The molecule has 8 nitrogen and oxygen atoms in total. The first kappa shape index (κ1) is 26.8. The molecule has 0 radical (unpaired) electrons. The van der Waals surface area contributed by atoms with Crippen LogP contribution in [0.15, 0.2) is 52.9 Å². The molecule has 2 aromatic heterocycles. The number of rotatable bonds is 10. The van der Waals surface area contributed by atoms with Gasteiger partial charge in [-0.05, 0) is 29.8 Å². The molecule has 2 aromatic carbocycles. The van der Waals surface area contributed by atoms with E-state index in [1.165, 1.54) is 29.2 Å². The fraction of sp³-hybridized carbons (Fsp3) is 0.154. The Morgan fingerprint density at radius 1 is 1.08 bits per heavy atom. The number of nitrogen functional groups attached to an aromatic ring is 1. The van der Waals surface area contributed by atoms with Crippen molar-refractivity contribution in [1.29, 1.82) is 10.5 Å². The summed E-state index contributed by atoms with van der Waals surface area (Å²) in [5.74, 6) is -0.490.